The van der Waals surface area contributed by atoms with Crippen molar-refractivity contribution in [2.45, 2.75) is 12.7 Å². The molecule has 1 amide bonds. The number of aromatic nitrogens is 5. The second kappa shape index (κ2) is 7.94. The standard InChI is InChI=1S/C23H16F4N6O/c1-32-12-16-15-9-13(22(34)30-11-18-17(24)3-2-8-28-18)4-6-19(15)33(21(16)31-32)14-5-7-20(29-10-14)23(25,26)27/h2-10,12H,11H2,1H3,(H,30,34). The van der Waals surface area contributed by atoms with Crippen molar-refractivity contribution in [1.82, 2.24) is 29.6 Å². The van der Waals surface area contributed by atoms with E-state index in [0.29, 0.717) is 33.2 Å². The summed E-state index contributed by atoms with van der Waals surface area (Å²) in [6.45, 7) is -0.0793. The van der Waals surface area contributed by atoms with E-state index in [1.165, 1.54) is 24.4 Å². The summed E-state index contributed by atoms with van der Waals surface area (Å²) in [6, 6.07) is 9.89. The lowest BCUT2D eigenvalue weighted by Gasteiger charge is -2.10. The number of nitrogens with zero attached hydrogens (tertiary/aromatic N) is 5. The average molecular weight is 468 g/mol. The number of rotatable bonds is 4. The zero-order chi connectivity index (χ0) is 24.0. The third kappa shape index (κ3) is 3.74. The maximum Gasteiger partial charge on any atom is 0.433 e. The van der Waals surface area contributed by atoms with Gasteiger partial charge in [0.1, 0.15) is 11.5 Å². The summed E-state index contributed by atoms with van der Waals surface area (Å²) < 4.78 is 55.9. The molecular weight excluding hydrogens is 452 g/mol. The normalized spacial score (nSPS) is 11.9. The Morgan fingerprint density at radius 1 is 1.09 bits per heavy atom. The van der Waals surface area contributed by atoms with Gasteiger partial charge in [-0.25, -0.2) is 9.37 Å². The lowest BCUT2D eigenvalue weighted by molar-refractivity contribution is -0.141. The molecule has 11 heteroatoms. The number of fused-ring (bicyclic) bond motifs is 3. The smallest absolute Gasteiger partial charge is 0.346 e. The average Bonchev–Trinajstić information content (AvgIpc) is 3.32. The van der Waals surface area contributed by atoms with Gasteiger partial charge in [-0.15, -0.1) is 0 Å². The predicted molar refractivity (Wildman–Crippen MR) is 116 cm³/mol. The van der Waals surface area contributed by atoms with Crippen LogP contribution < -0.4 is 5.32 Å². The predicted octanol–water partition coefficient (Wildman–Crippen LogP) is 4.40. The van der Waals surface area contributed by atoms with Crippen LogP contribution in [0.2, 0.25) is 0 Å². The molecule has 0 fully saturated rings. The summed E-state index contributed by atoms with van der Waals surface area (Å²) >= 11 is 0. The fraction of sp³-hybridized carbons (Fsp3) is 0.130. The Kier molecular flexibility index (Phi) is 5.03. The summed E-state index contributed by atoms with van der Waals surface area (Å²) in [7, 11) is 1.72. The second-order valence-corrected chi connectivity index (χ2v) is 7.62. The van der Waals surface area contributed by atoms with Crippen molar-refractivity contribution < 1.29 is 22.4 Å². The van der Waals surface area contributed by atoms with Gasteiger partial charge < -0.3 is 5.32 Å². The van der Waals surface area contributed by atoms with E-state index >= 15 is 0 Å². The molecule has 172 valence electrons. The highest BCUT2D eigenvalue weighted by Gasteiger charge is 2.32. The van der Waals surface area contributed by atoms with Crippen LogP contribution in [0, 0.1) is 5.82 Å². The Morgan fingerprint density at radius 3 is 2.62 bits per heavy atom. The van der Waals surface area contributed by atoms with Gasteiger partial charge in [0, 0.05) is 35.8 Å². The minimum Gasteiger partial charge on any atom is -0.346 e. The third-order valence-corrected chi connectivity index (χ3v) is 5.36. The summed E-state index contributed by atoms with van der Waals surface area (Å²) in [5, 5.41) is 8.48. The van der Waals surface area contributed by atoms with E-state index in [1.54, 1.807) is 40.7 Å². The number of hydrogen-bond donors (Lipinski definition) is 1. The maximum absolute atomic E-state index is 13.8. The van der Waals surface area contributed by atoms with Gasteiger partial charge in [0.2, 0.25) is 0 Å². The third-order valence-electron chi connectivity index (χ3n) is 5.36. The Morgan fingerprint density at radius 2 is 1.91 bits per heavy atom. The number of pyridine rings is 2. The minimum absolute atomic E-state index is 0.0793. The van der Waals surface area contributed by atoms with Crippen LogP contribution in [0.4, 0.5) is 17.6 Å². The Labute approximate surface area is 189 Å². The number of halogens is 4. The fourth-order valence-corrected chi connectivity index (χ4v) is 3.80. The van der Waals surface area contributed by atoms with Crippen molar-refractivity contribution >= 4 is 27.8 Å². The van der Waals surface area contributed by atoms with Gasteiger partial charge in [-0.1, -0.05) is 0 Å². The Bertz CT molecular complexity index is 1540. The lowest BCUT2D eigenvalue weighted by atomic mass is 10.1. The molecule has 0 saturated heterocycles. The monoisotopic (exact) mass is 468 g/mol. The van der Waals surface area contributed by atoms with Crippen LogP contribution in [0.1, 0.15) is 21.7 Å². The second-order valence-electron chi connectivity index (χ2n) is 7.62. The molecule has 0 aliphatic rings. The largest absolute Gasteiger partial charge is 0.433 e. The highest BCUT2D eigenvalue weighted by atomic mass is 19.4. The molecule has 34 heavy (non-hydrogen) atoms. The van der Waals surface area contributed by atoms with Crippen molar-refractivity contribution in [3.8, 4) is 5.69 Å². The van der Waals surface area contributed by atoms with Gasteiger partial charge in [-0.2, -0.15) is 18.3 Å². The van der Waals surface area contributed by atoms with Crippen molar-refractivity contribution in [3.63, 3.8) is 0 Å². The number of aryl methyl sites for hydroxylation is 1. The van der Waals surface area contributed by atoms with E-state index in [-0.39, 0.29) is 12.2 Å². The molecule has 0 spiro atoms. The summed E-state index contributed by atoms with van der Waals surface area (Å²) in [6.07, 6.45) is -0.207. The van der Waals surface area contributed by atoms with Crippen LogP contribution in [0.5, 0.6) is 0 Å². The molecule has 0 atom stereocenters. The molecule has 7 nitrogen and oxygen atoms in total. The molecule has 0 bridgehead atoms. The molecule has 1 N–H and O–H groups in total. The first-order chi connectivity index (χ1) is 16.2. The minimum atomic E-state index is -4.54. The van der Waals surface area contributed by atoms with Gasteiger partial charge >= 0.3 is 6.18 Å². The zero-order valence-corrected chi connectivity index (χ0v) is 17.6. The highest BCUT2D eigenvalue weighted by molar-refractivity contribution is 6.10. The van der Waals surface area contributed by atoms with Crippen LogP contribution in [0.25, 0.3) is 27.6 Å². The molecule has 5 aromatic rings. The Balaban J connectivity index is 1.54. The van der Waals surface area contributed by atoms with Gasteiger partial charge in [-0.3, -0.25) is 19.0 Å². The Hall–Kier alpha value is -4.28. The number of benzene rings is 1. The van der Waals surface area contributed by atoms with E-state index in [1.807, 2.05) is 0 Å². The summed E-state index contributed by atoms with van der Waals surface area (Å²) in [5.41, 5.74) is 1.01. The first-order valence-corrected chi connectivity index (χ1v) is 10.1. The summed E-state index contributed by atoms with van der Waals surface area (Å²) in [5.74, 6) is -0.939. The van der Waals surface area contributed by atoms with Crippen molar-refractivity contribution in [2.24, 2.45) is 7.05 Å². The molecular formula is C23H16F4N6O. The lowest BCUT2D eigenvalue weighted by Crippen LogP contribution is -2.23. The van der Waals surface area contributed by atoms with E-state index in [9.17, 15) is 22.4 Å². The molecule has 5 rings (SSSR count). The van der Waals surface area contributed by atoms with Gasteiger partial charge in [0.15, 0.2) is 5.65 Å². The van der Waals surface area contributed by atoms with Crippen LogP contribution in [-0.4, -0.2) is 30.2 Å². The molecule has 4 aromatic heterocycles. The van der Waals surface area contributed by atoms with Crippen molar-refractivity contribution in [1.29, 1.82) is 0 Å². The quantitative estimate of drug-likeness (QED) is 0.397. The number of amides is 1. The van der Waals surface area contributed by atoms with Crippen molar-refractivity contribution in [2.75, 3.05) is 0 Å². The van der Waals surface area contributed by atoms with Gasteiger partial charge in [0.05, 0.1) is 29.6 Å². The molecule has 0 aliphatic heterocycles. The molecule has 1 aromatic carbocycles. The van der Waals surface area contributed by atoms with Gasteiger partial charge in [0.25, 0.3) is 5.91 Å². The SMILES string of the molecule is Cn1cc2c3cc(C(=O)NCc4ncccc4F)ccc3n(-c3ccc(C(F)(F)F)nc3)c2n1. The van der Waals surface area contributed by atoms with Crippen LogP contribution >= 0.6 is 0 Å². The molecule has 4 heterocycles. The van der Waals surface area contributed by atoms with E-state index < -0.39 is 23.6 Å². The molecule has 0 saturated carbocycles. The van der Waals surface area contributed by atoms with Crippen LogP contribution in [0.15, 0.2) is 61.1 Å². The topological polar surface area (TPSA) is 77.6 Å². The van der Waals surface area contributed by atoms with E-state index in [4.69, 9.17) is 0 Å². The first-order valence-electron chi connectivity index (χ1n) is 10.1. The number of nitrogens with one attached hydrogen (secondary N) is 1. The molecule has 0 unspecified atom stereocenters. The van der Waals surface area contributed by atoms with Crippen LogP contribution in [0.3, 0.4) is 0 Å². The first kappa shape index (κ1) is 21.6. The van der Waals surface area contributed by atoms with Crippen LogP contribution in [-0.2, 0) is 19.8 Å². The van der Waals surface area contributed by atoms with Gasteiger partial charge in [-0.05, 0) is 42.5 Å². The van der Waals surface area contributed by atoms with E-state index in [0.717, 1.165) is 12.3 Å². The number of alkyl halides is 3. The fourth-order valence-electron chi connectivity index (χ4n) is 3.80. The summed E-state index contributed by atoms with van der Waals surface area (Å²) in [4.78, 5) is 20.2. The number of carbonyl (C=O) groups excluding carboxylic acids is 1. The highest BCUT2D eigenvalue weighted by Crippen LogP contribution is 2.33. The number of carbonyl (C=O) groups is 1. The van der Waals surface area contributed by atoms with E-state index in [2.05, 4.69) is 20.4 Å². The number of hydrogen-bond acceptors (Lipinski definition) is 4. The van der Waals surface area contributed by atoms with Crippen molar-refractivity contribution in [3.05, 3.63) is 83.8 Å². The maximum atomic E-state index is 13.8. The zero-order valence-electron chi connectivity index (χ0n) is 17.6. The molecule has 0 aliphatic carbocycles. The molecule has 0 radical (unpaired) electrons.